The predicted molar refractivity (Wildman–Crippen MR) is 125 cm³/mol. The normalized spacial score (nSPS) is 24.0. The molecule has 0 aromatic heterocycles. The number of nitrogens with one attached hydrogen (secondary N) is 1. The van der Waals surface area contributed by atoms with Crippen LogP contribution in [0.4, 0.5) is 11.4 Å². The van der Waals surface area contributed by atoms with Gasteiger partial charge in [-0.25, -0.2) is 0 Å². The van der Waals surface area contributed by atoms with Crippen LogP contribution in [0.25, 0.3) is 0 Å². The Kier molecular flexibility index (Phi) is 5.54. The van der Waals surface area contributed by atoms with Gasteiger partial charge in [0.05, 0.1) is 6.54 Å². The summed E-state index contributed by atoms with van der Waals surface area (Å²) in [5.41, 5.74) is 2.93. The molecule has 31 heavy (non-hydrogen) atoms. The van der Waals surface area contributed by atoms with E-state index in [9.17, 15) is 9.59 Å². The standard InChI is InChI=1S/C26H33N3O2/c1-25(2)14-22-15-26(3,17-25)18-29(22)24(31)19-10-12-20(13-11-19)27-16-23(30)28(4)21-8-6-5-7-9-21/h5-13,22,27H,14-18H2,1-4H3. The van der Waals surface area contributed by atoms with Gasteiger partial charge in [-0.15, -0.1) is 0 Å². The van der Waals surface area contributed by atoms with Gasteiger partial charge in [0.25, 0.3) is 5.91 Å². The van der Waals surface area contributed by atoms with Gasteiger partial charge in [0.15, 0.2) is 0 Å². The third-order valence-corrected chi connectivity index (χ3v) is 6.77. The first-order valence-electron chi connectivity index (χ1n) is 11.1. The number of likely N-dealkylation sites (tertiary alicyclic amines) is 1. The van der Waals surface area contributed by atoms with E-state index in [0.29, 0.717) is 17.0 Å². The number of rotatable bonds is 5. The van der Waals surface area contributed by atoms with Crippen LogP contribution in [0.1, 0.15) is 50.4 Å². The van der Waals surface area contributed by atoms with Gasteiger partial charge in [-0.2, -0.15) is 0 Å². The number of carbonyl (C=O) groups excluding carboxylic acids is 2. The molecule has 2 aromatic rings. The van der Waals surface area contributed by atoms with E-state index in [0.717, 1.165) is 30.8 Å². The number of fused-ring (bicyclic) bond motifs is 2. The molecule has 2 bridgehead atoms. The molecule has 2 atom stereocenters. The molecule has 1 N–H and O–H groups in total. The zero-order valence-electron chi connectivity index (χ0n) is 19.0. The van der Waals surface area contributed by atoms with E-state index in [-0.39, 0.29) is 23.8 Å². The van der Waals surface area contributed by atoms with Crippen molar-refractivity contribution in [3.8, 4) is 0 Å². The number of carbonyl (C=O) groups is 2. The van der Waals surface area contributed by atoms with Crippen LogP contribution in [0.3, 0.4) is 0 Å². The number of likely N-dealkylation sites (N-methyl/N-ethyl adjacent to an activating group) is 1. The van der Waals surface area contributed by atoms with Crippen molar-refractivity contribution in [1.29, 1.82) is 0 Å². The summed E-state index contributed by atoms with van der Waals surface area (Å²) in [5.74, 6) is 0.101. The number of nitrogens with zero attached hydrogens (tertiary/aromatic N) is 2. The summed E-state index contributed by atoms with van der Waals surface area (Å²) in [6.07, 6.45) is 3.36. The fraction of sp³-hybridized carbons (Fsp3) is 0.462. The lowest BCUT2D eigenvalue weighted by Crippen LogP contribution is -2.37. The zero-order chi connectivity index (χ0) is 22.2. The summed E-state index contributed by atoms with van der Waals surface area (Å²) in [4.78, 5) is 29.4. The Bertz CT molecular complexity index is 954. The molecule has 2 fully saturated rings. The number of para-hydroxylation sites is 1. The average Bonchev–Trinajstić information content (AvgIpc) is 3.00. The van der Waals surface area contributed by atoms with Gasteiger partial charge in [-0.05, 0) is 66.5 Å². The molecule has 5 nitrogen and oxygen atoms in total. The summed E-state index contributed by atoms with van der Waals surface area (Å²) < 4.78 is 0. The topological polar surface area (TPSA) is 52.7 Å². The molecule has 2 aliphatic rings. The number of amides is 2. The second-order valence-corrected chi connectivity index (χ2v) is 10.4. The van der Waals surface area contributed by atoms with Gasteiger partial charge in [-0.3, -0.25) is 9.59 Å². The maximum atomic E-state index is 13.2. The molecule has 1 saturated heterocycles. The minimum Gasteiger partial charge on any atom is -0.376 e. The number of hydrogen-bond acceptors (Lipinski definition) is 3. The van der Waals surface area contributed by atoms with Crippen LogP contribution in [-0.2, 0) is 4.79 Å². The molecular weight excluding hydrogens is 386 g/mol. The van der Waals surface area contributed by atoms with Crippen molar-refractivity contribution in [3.05, 3.63) is 60.2 Å². The first-order valence-corrected chi connectivity index (χ1v) is 11.1. The highest BCUT2D eigenvalue weighted by molar-refractivity contribution is 5.96. The van der Waals surface area contributed by atoms with Crippen molar-refractivity contribution >= 4 is 23.2 Å². The Hall–Kier alpha value is -2.82. The van der Waals surface area contributed by atoms with Crippen LogP contribution in [0.5, 0.6) is 0 Å². The predicted octanol–water partition coefficient (Wildman–Crippen LogP) is 4.80. The molecule has 4 rings (SSSR count). The van der Waals surface area contributed by atoms with E-state index in [1.54, 1.807) is 11.9 Å². The third kappa shape index (κ3) is 4.60. The average molecular weight is 420 g/mol. The van der Waals surface area contributed by atoms with E-state index in [1.165, 1.54) is 6.42 Å². The van der Waals surface area contributed by atoms with Gasteiger partial charge in [0, 0.05) is 36.6 Å². The van der Waals surface area contributed by atoms with Gasteiger partial charge in [0.2, 0.25) is 5.91 Å². The molecular formula is C26H33N3O2. The lowest BCUT2D eigenvalue weighted by Gasteiger charge is -2.39. The summed E-state index contributed by atoms with van der Waals surface area (Å²) in [6.45, 7) is 8.01. The van der Waals surface area contributed by atoms with Crippen molar-refractivity contribution in [3.63, 3.8) is 0 Å². The molecule has 1 aliphatic carbocycles. The molecule has 0 spiro atoms. The van der Waals surface area contributed by atoms with Crippen molar-refractivity contribution in [2.24, 2.45) is 10.8 Å². The maximum Gasteiger partial charge on any atom is 0.254 e. The Labute approximate surface area is 185 Å². The fourth-order valence-electron chi connectivity index (χ4n) is 5.69. The number of anilines is 2. The lowest BCUT2D eigenvalue weighted by atomic mass is 9.65. The fourth-order valence-corrected chi connectivity index (χ4v) is 5.69. The Balaban J connectivity index is 1.36. The van der Waals surface area contributed by atoms with Crippen LogP contribution >= 0.6 is 0 Å². The van der Waals surface area contributed by atoms with E-state index < -0.39 is 0 Å². The molecule has 2 unspecified atom stereocenters. The zero-order valence-corrected chi connectivity index (χ0v) is 19.0. The molecule has 1 saturated carbocycles. The Morgan fingerprint density at radius 2 is 1.71 bits per heavy atom. The van der Waals surface area contributed by atoms with E-state index in [1.807, 2.05) is 54.6 Å². The van der Waals surface area contributed by atoms with Crippen molar-refractivity contribution in [2.75, 3.05) is 30.4 Å². The van der Waals surface area contributed by atoms with E-state index >= 15 is 0 Å². The first kappa shape index (κ1) is 21.4. The van der Waals surface area contributed by atoms with Crippen LogP contribution in [-0.4, -0.2) is 42.9 Å². The Morgan fingerprint density at radius 3 is 2.39 bits per heavy atom. The molecule has 164 valence electrons. The van der Waals surface area contributed by atoms with Crippen LogP contribution in [0.15, 0.2) is 54.6 Å². The summed E-state index contributed by atoms with van der Waals surface area (Å²) >= 11 is 0. The van der Waals surface area contributed by atoms with E-state index in [4.69, 9.17) is 0 Å². The summed E-state index contributed by atoms with van der Waals surface area (Å²) in [7, 11) is 1.77. The summed E-state index contributed by atoms with van der Waals surface area (Å²) in [6, 6.07) is 17.4. The van der Waals surface area contributed by atoms with Crippen molar-refractivity contribution in [2.45, 2.75) is 46.1 Å². The molecule has 0 radical (unpaired) electrons. The van der Waals surface area contributed by atoms with Crippen LogP contribution in [0, 0.1) is 10.8 Å². The number of hydrogen-bond donors (Lipinski definition) is 1. The highest BCUT2D eigenvalue weighted by atomic mass is 16.2. The van der Waals surface area contributed by atoms with Crippen molar-refractivity contribution in [1.82, 2.24) is 4.90 Å². The quantitative estimate of drug-likeness (QED) is 0.757. The minimum atomic E-state index is -0.0217. The molecule has 1 aliphatic heterocycles. The lowest BCUT2D eigenvalue weighted by molar-refractivity contribution is -0.116. The highest BCUT2D eigenvalue weighted by Gasteiger charge is 2.50. The first-order chi connectivity index (χ1) is 14.7. The number of benzene rings is 2. The minimum absolute atomic E-state index is 0.0217. The van der Waals surface area contributed by atoms with Crippen LogP contribution < -0.4 is 10.2 Å². The second kappa shape index (κ2) is 8.03. The molecule has 2 aromatic carbocycles. The molecule has 2 amide bonds. The summed E-state index contributed by atoms with van der Waals surface area (Å²) in [5, 5.41) is 3.17. The van der Waals surface area contributed by atoms with Gasteiger partial charge in [0.1, 0.15) is 0 Å². The monoisotopic (exact) mass is 419 g/mol. The van der Waals surface area contributed by atoms with Crippen molar-refractivity contribution < 1.29 is 9.59 Å². The highest BCUT2D eigenvalue weighted by Crippen LogP contribution is 2.52. The SMILES string of the molecule is CN(C(=O)CNc1ccc(C(=O)N2CC3(C)CC2CC(C)(C)C3)cc1)c1ccccc1. The van der Waals surface area contributed by atoms with Gasteiger partial charge >= 0.3 is 0 Å². The third-order valence-electron chi connectivity index (χ3n) is 6.77. The smallest absolute Gasteiger partial charge is 0.254 e. The largest absolute Gasteiger partial charge is 0.376 e. The van der Waals surface area contributed by atoms with Gasteiger partial charge < -0.3 is 15.1 Å². The van der Waals surface area contributed by atoms with Gasteiger partial charge in [-0.1, -0.05) is 39.0 Å². The second-order valence-electron chi connectivity index (χ2n) is 10.4. The Morgan fingerprint density at radius 1 is 1.03 bits per heavy atom. The molecule has 5 heteroatoms. The molecule has 1 heterocycles. The van der Waals surface area contributed by atoms with E-state index in [2.05, 4.69) is 31.0 Å². The maximum absolute atomic E-state index is 13.2. The van der Waals surface area contributed by atoms with Crippen LogP contribution in [0.2, 0.25) is 0 Å².